The van der Waals surface area contributed by atoms with Crippen LogP contribution in [0.5, 0.6) is 0 Å². The van der Waals surface area contributed by atoms with Crippen molar-refractivity contribution >= 4 is 5.91 Å². The van der Waals surface area contributed by atoms with E-state index in [0.717, 1.165) is 19.4 Å². The van der Waals surface area contributed by atoms with E-state index in [-0.39, 0.29) is 18.1 Å². The maximum absolute atomic E-state index is 11.6. The highest BCUT2D eigenvalue weighted by Crippen LogP contribution is 2.20. The summed E-state index contributed by atoms with van der Waals surface area (Å²) in [4.78, 5) is 13.2. The van der Waals surface area contributed by atoms with Crippen molar-refractivity contribution in [1.82, 2.24) is 10.2 Å². The second-order valence-electron chi connectivity index (χ2n) is 4.62. The minimum Gasteiger partial charge on any atom is -0.364 e. The molecule has 0 radical (unpaired) electrons. The van der Waals surface area contributed by atoms with Crippen LogP contribution in [0.25, 0.3) is 0 Å². The van der Waals surface area contributed by atoms with Gasteiger partial charge >= 0.3 is 0 Å². The number of carbonyl (C=O) groups excluding carboxylic acids is 1. The monoisotopic (exact) mass is 214 g/mol. The lowest BCUT2D eigenvalue weighted by Crippen LogP contribution is -2.36. The van der Waals surface area contributed by atoms with E-state index in [0.29, 0.717) is 6.04 Å². The molecule has 1 amide bonds. The summed E-state index contributed by atoms with van der Waals surface area (Å²) in [5.41, 5.74) is 0. The topological polar surface area (TPSA) is 41.6 Å². The fourth-order valence-corrected chi connectivity index (χ4v) is 1.69. The third-order valence-corrected chi connectivity index (χ3v) is 2.58. The van der Waals surface area contributed by atoms with Gasteiger partial charge in [-0.15, -0.1) is 0 Å². The second kappa shape index (κ2) is 5.47. The minimum absolute atomic E-state index is 0.0852. The lowest BCUT2D eigenvalue weighted by atomic mass is 10.2. The molecule has 0 aromatic heterocycles. The molecule has 0 aromatic rings. The zero-order valence-corrected chi connectivity index (χ0v) is 10.1. The maximum Gasteiger partial charge on any atom is 0.251 e. The van der Waals surface area contributed by atoms with Crippen LogP contribution in [0.15, 0.2) is 0 Å². The van der Waals surface area contributed by atoms with Gasteiger partial charge in [0.15, 0.2) is 0 Å². The molecule has 1 N–H and O–H groups in total. The maximum atomic E-state index is 11.6. The van der Waals surface area contributed by atoms with E-state index < -0.39 is 0 Å². The Kier molecular flexibility index (Phi) is 4.54. The molecule has 0 saturated carbocycles. The highest BCUT2D eigenvalue weighted by Gasteiger charge is 2.31. The molecule has 0 bridgehead atoms. The third-order valence-electron chi connectivity index (χ3n) is 2.58. The van der Waals surface area contributed by atoms with E-state index in [1.165, 1.54) is 0 Å². The smallest absolute Gasteiger partial charge is 0.251 e. The van der Waals surface area contributed by atoms with Crippen LogP contribution in [0.3, 0.4) is 0 Å². The molecule has 2 atom stereocenters. The zero-order valence-electron chi connectivity index (χ0n) is 10.1. The van der Waals surface area contributed by atoms with Gasteiger partial charge < -0.3 is 15.0 Å². The van der Waals surface area contributed by atoms with E-state index in [2.05, 4.69) is 19.2 Å². The number of likely N-dealkylation sites (N-methyl/N-ethyl adjacent to an activating group) is 1. The highest BCUT2D eigenvalue weighted by molar-refractivity contribution is 5.80. The van der Waals surface area contributed by atoms with Crippen molar-refractivity contribution in [3.05, 3.63) is 0 Å². The Morgan fingerprint density at radius 3 is 2.67 bits per heavy atom. The van der Waals surface area contributed by atoms with Gasteiger partial charge in [-0.3, -0.25) is 4.79 Å². The van der Waals surface area contributed by atoms with Crippen LogP contribution in [-0.4, -0.2) is 49.7 Å². The van der Waals surface area contributed by atoms with E-state index in [4.69, 9.17) is 4.74 Å². The van der Waals surface area contributed by atoms with Gasteiger partial charge in [0, 0.05) is 26.7 Å². The molecule has 1 rings (SSSR count). The Morgan fingerprint density at radius 2 is 2.13 bits per heavy atom. The molecule has 1 fully saturated rings. The summed E-state index contributed by atoms with van der Waals surface area (Å²) < 4.78 is 5.68. The van der Waals surface area contributed by atoms with Crippen molar-refractivity contribution in [3.63, 3.8) is 0 Å². The van der Waals surface area contributed by atoms with E-state index >= 15 is 0 Å². The van der Waals surface area contributed by atoms with Gasteiger partial charge in [-0.05, 0) is 12.8 Å². The molecule has 1 aliphatic rings. The number of hydrogen-bond donors (Lipinski definition) is 1. The fraction of sp³-hybridized carbons (Fsp3) is 0.909. The summed E-state index contributed by atoms with van der Waals surface area (Å²) in [5, 5.41) is 3.33. The number of amides is 1. The average Bonchev–Trinajstić information content (AvgIpc) is 2.61. The summed E-state index contributed by atoms with van der Waals surface area (Å²) in [6.07, 6.45) is 1.80. The molecule has 1 saturated heterocycles. The molecule has 0 aliphatic carbocycles. The number of ether oxygens (including phenoxy) is 1. The van der Waals surface area contributed by atoms with E-state index in [9.17, 15) is 4.79 Å². The molecule has 1 heterocycles. The van der Waals surface area contributed by atoms with Crippen molar-refractivity contribution in [1.29, 1.82) is 0 Å². The van der Waals surface area contributed by atoms with Crippen molar-refractivity contribution in [3.8, 4) is 0 Å². The van der Waals surface area contributed by atoms with Crippen LogP contribution in [0.2, 0.25) is 0 Å². The van der Waals surface area contributed by atoms with Crippen LogP contribution in [-0.2, 0) is 9.53 Å². The van der Waals surface area contributed by atoms with Crippen molar-refractivity contribution in [2.45, 2.75) is 44.9 Å². The standard InChI is InChI=1S/C11H22N2O2/c1-8(2)12-7-9-5-6-10(15-9)11(14)13(3)4/h8-10,12H,5-7H2,1-4H3. The predicted octanol–water partition coefficient (Wildman–Crippen LogP) is 0.620. The second-order valence-corrected chi connectivity index (χ2v) is 4.62. The lowest BCUT2D eigenvalue weighted by Gasteiger charge is -2.18. The first-order valence-corrected chi connectivity index (χ1v) is 5.60. The number of hydrogen-bond acceptors (Lipinski definition) is 3. The largest absolute Gasteiger partial charge is 0.364 e. The van der Waals surface area contributed by atoms with Gasteiger partial charge in [0.2, 0.25) is 0 Å². The molecule has 15 heavy (non-hydrogen) atoms. The first-order chi connectivity index (χ1) is 7.00. The number of nitrogens with one attached hydrogen (secondary N) is 1. The van der Waals surface area contributed by atoms with Crippen LogP contribution >= 0.6 is 0 Å². The predicted molar refractivity (Wildman–Crippen MR) is 59.7 cm³/mol. The summed E-state index contributed by atoms with van der Waals surface area (Å²) >= 11 is 0. The van der Waals surface area contributed by atoms with Crippen molar-refractivity contribution in [2.75, 3.05) is 20.6 Å². The summed E-state index contributed by atoms with van der Waals surface area (Å²) in [7, 11) is 3.54. The fourth-order valence-electron chi connectivity index (χ4n) is 1.69. The van der Waals surface area contributed by atoms with E-state index in [1.807, 2.05) is 0 Å². The zero-order chi connectivity index (χ0) is 11.4. The first kappa shape index (κ1) is 12.5. The van der Waals surface area contributed by atoms with Crippen LogP contribution in [0, 0.1) is 0 Å². The number of rotatable bonds is 4. The van der Waals surface area contributed by atoms with Crippen LogP contribution < -0.4 is 5.32 Å². The van der Waals surface area contributed by atoms with Gasteiger partial charge in [0.25, 0.3) is 5.91 Å². The van der Waals surface area contributed by atoms with Crippen LogP contribution in [0.4, 0.5) is 0 Å². The molecule has 2 unspecified atom stereocenters. The van der Waals surface area contributed by atoms with Gasteiger partial charge in [0.1, 0.15) is 6.10 Å². The van der Waals surface area contributed by atoms with Crippen molar-refractivity contribution in [2.24, 2.45) is 0 Å². The Labute approximate surface area is 92.0 Å². The Morgan fingerprint density at radius 1 is 1.47 bits per heavy atom. The quantitative estimate of drug-likeness (QED) is 0.746. The third kappa shape index (κ3) is 3.80. The lowest BCUT2D eigenvalue weighted by molar-refractivity contribution is -0.140. The number of nitrogens with zero attached hydrogens (tertiary/aromatic N) is 1. The van der Waals surface area contributed by atoms with E-state index in [1.54, 1.807) is 19.0 Å². The summed E-state index contributed by atoms with van der Waals surface area (Å²) in [6, 6.07) is 0.470. The van der Waals surface area contributed by atoms with Crippen LogP contribution in [0.1, 0.15) is 26.7 Å². The molecule has 1 aliphatic heterocycles. The molecular formula is C11H22N2O2. The molecule has 88 valence electrons. The molecule has 0 aromatic carbocycles. The Balaban J connectivity index is 2.29. The molecule has 4 heteroatoms. The summed E-state index contributed by atoms with van der Waals surface area (Å²) in [6.45, 7) is 5.06. The highest BCUT2D eigenvalue weighted by atomic mass is 16.5. The minimum atomic E-state index is -0.223. The van der Waals surface area contributed by atoms with Gasteiger partial charge in [-0.2, -0.15) is 0 Å². The number of carbonyl (C=O) groups is 1. The molecular weight excluding hydrogens is 192 g/mol. The first-order valence-electron chi connectivity index (χ1n) is 5.60. The van der Waals surface area contributed by atoms with Gasteiger partial charge in [0.05, 0.1) is 6.10 Å². The van der Waals surface area contributed by atoms with Gasteiger partial charge in [-0.25, -0.2) is 0 Å². The van der Waals surface area contributed by atoms with Crippen molar-refractivity contribution < 1.29 is 9.53 Å². The van der Waals surface area contributed by atoms with Gasteiger partial charge in [-0.1, -0.05) is 13.8 Å². The molecule has 0 spiro atoms. The SMILES string of the molecule is CC(C)NCC1CCC(C(=O)N(C)C)O1. The summed E-state index contributed by atoms with van der Waals surface area (Å²) in [5.74, 6) is 0.0852. The average molecular weight is 214 g/mol. The Hall–Kier alpha value is -0.610. The normalized spacial score (nSPS) is 25.9. The Bertz CT molecular complexity index is 217. The molecule has 4 nitrogen and oxygen atoms in total.